The van der Waals surface area contributed by atoms with Crippen LogP contribution in [0.25, 0.3) is 10.8 Å². The van der Waals surface area contributed by atoms with Crippen molar-refractivity contribution in [3.8, 4) is 0 Å². The van der Waals surface area contributed by atoms with Crippen LogP contribution in [0.5, 0.6) is 0 Å². The molecule has 0 aliphatic heterocycles. The first-order valence-corrected chi connectivity index (χ1v) is 9.40. The Morgan fingerprint density at radius 1 is 1.32 bits per heavy atom. The van der Waals surface area contributed by atoms with Gasteiger partial charge in [-0.15, -0.1) is 0 Å². The van der Waals surface area contributed by atoms with Crippen LogP contribution in [0.15, 0.2) is 41.3 Å². The van der Waals surface area contributed by atoms with Gasteiger partial charge in [-0.05, 0) is 30.5 Å². The highest BCUT2D eigenvalue weighted by molar-refractivity contribution is 14.1. The van der Waals surface area contributed by atoms with Gasteiger partial charge in [-0.25, -0.2) is 0 Å². The summed E-state index contributed by atoms with van der Waals surface area (Å²) in [5.74, 6) is -0.0745. The quantitative estimate of drug-likeness (QED) is 0.291. The lowest BCUT2D eigenvalue weighted by Gasteiger charge is -2.18. The van der Waals surface area contributed by atoms with E-state index in [1.165, 1.54) is 12.1 Å². The van der Waals surface area contributed by atoms with E-state index in [9.17, 15) is 13.2 Å². The van der Waals surface area contributed by atoms with Crippen LogP contribution in [0.2, 0.25) is 0 Å². The second-order valence-electron chi connectivity index (χ2n) is 4.73. The number of halogens is 1. The first-order chi connectivity index (χ1) is 10.3. The molecule has 118 valence electrons. The lowest BCUT2D eigenvalue weighted by atomic mass is 10.1. The fraction of sp³-hybridized carbons (Fsp3) is 0.214. The zero-order chi connectivity index (χ0) is 16.3. The van der Waals surface area contributed by atoms with Gasteiger partial charge >= 0.3 is 0 Å². The normalized spacial score (nSPS) is 12.9. The third kappa shape index (κ3) is 4.08. The number of amides is 1. The summed E-state index contributed by atoms with van der Waals surface area (Å²) in [6.45, 7) is 1.82. The van der Waals surface area contributed by atoms with Gasteiger partial charge in [0.2, 0.25) is 5.91 Å². The zero-order valence-corrected chi connectivity index (χ0v) is 14.7. The predicted octanol–water partition coefficient (Wildman–Crippen LogP) is 2.40. The van der Waals surface area contributed by atoms with Crippen molar-refractivity contribution in [3.05, 3.63) is 36.4 Å². The number of nitrogens with one attached hydrogen (secondary N) is 2. The average Bonchev–Trinajstić information content (AvgIpc) is 2.45. The molecule has 2 aromatic rings. The van der Waals surface area contributed by atoms with Gasteiger partial charge < -0.3 is 10.6 Å². The van der Waals surface area contributed by atoms with Crippen LogP contribution in [-0.2, 0) is 14.9 Å². The number of alkyl halides is 1. The summed E-state index contributed by atoms with van der Waals surface area (Å²) in [6.07, 6.45) is -0.269. The van der Waals surface area contributed by atoms with Gasteiger partial charge in [0.1, 0.15) is 0 Å². The van der Waals surface area contributed by atoms with E-state index in [1.807, 2.05) is 35.6 Å². The molecule has 6 nitrogen and oxygen atoms in total. The summed E-state index contributed by atoms with van der Waals surface area (Å²) in [7, 11) is -4.23. The molecule has 0 saturated carbocycles. The molecule has 1 amide bonds. The lowest BCUT2D eigenvalue weighted by Crippen LogP contribution is -2.38. The summed E-state index contributed by atoms with van der Waals surface area (Å²) in [5, 5.41) is 7.42. The summed E-state index contributed by atoms with van der Waals surface area (Å²) in [6, 6.07) is 9.73. The fourth-order valence-electron chi connectivity index (χ4n) is 2.10. The largest absolute Gasteiger partial charge is 0.365 e. The van der Waals surface area contributed by atoms with Crippen LogP contribution in [0.1, 0.15) is 6.92 Å². The number of fused-ring (bicyclic) bond motifs is 1. The number of benzene rings is 2. The van der Waals surface area contributed by atoms with Crippen molar-refractivity contribution in [2.24, 2.45) is 0 Å². The number of rotatable bonds is 5. The topological polar surface area (TPSA) is 95.5 Å². The number of hydrogen-bond donors (Lipinski definition) is 3. The summed E-state index contributed by atoms with van der Waals surface area (Å²) < 4.78 is 31.8. The van der Waals surface area contributed by atoms with Crippen molar-refractivity contribution in [1.82, 2.24) is 5.32 Å². The molecule has 1 unspecified atom stereocenters. The molecule has 0 saturated heterocycles. The maximum atomic E-state index is 11.4. The Bertz CT molecular complexity index is 808. The molecule has 0 aromatic heterocycles. The molecule has 0 fully saturated rings. The third-order valence-electron chi connectivity index (χ3n) is 3.02. The third-order valence-corrected chi connectivity index (χ3v) is 4.56. The van der Waals surface area contributed by atoms with E-state index in [4.69, 9.17) is 4.55 Å². The van der Waals surface area contributed by atoms with Crippen molar-refractivity contribution in [1.29, 1.82) is 0 Å². The van der Waals surface area contributed by atoms with Gasteiger partial charge in [0.25, 0.3) is 10.1 Å². The molecule has 0 spiro atoms. The summed E-state index contributed by atoms with van der Waals surface area (Å²) in [5.41, 5.74) is 0.764. The average molecular weight is 434 g/mol. The van der Waals surface area contributed by atoms with Crippen LogP contribution in [0.3, 0.4) is 0 Å². The van der Waals surface area contributed by atoms with Crippen molar-refractivity contribution in [2.75, 3.05) is 9.74 Å². The highest BCUT2D eigenvalue weighted by Gasteiger charge is 2.12. The highest BCUT2D eigenvalue weighted by Crippen LogP contribution is 2.26. The van der Waals surface area contributed by atoms with Gasteiger partial charge in [-0.2, -0.15) is 8.42 Å². The van der Waals surface area contributed by atoms with Gasteiger partial charge in [0.15, 0.2) is 0 Å². The molecular formula is C14H15IN2O4S. The predicted molar refractivity (Wildman–Crippen MR) is 93.9 cm³/mol. The minimum absolute atomic E-state index is 0.0745. The molecule has 1 atom stereocenters. The number of carbonyl (C=O) groups is 1. The molecule has 22 heavy (non-hydrogen) atoms. The van der Waals surface area contributed by atoms with Crippen LogP contribution in [0, 0.1) is 0 Å². The van der Waals surface area contributed by atoms with E-state index in [0.29, 0.717) is 9.81 Å². The standard InChI is InChI=1S/C14H15IN2O4S/c1-9(17-14(18)8-15)16-13-4-2-3-10-7-11(22(19,20)21)5-6-12(10)13/h2-7,9,16H,8H2,1H3,(H,17,18)(H,19,20,21). The number of hydrogen-bond acceptors (Lipinski definition) is 4. The number of carbonyl (C=O) groups excluding carboxylic acids is 1. The van der Waals surface area contributed by atoms with E-state index >= 15 is 0 Å². The van der Waals surface area contributed by atoms with Gasteiger partial charge in [0, 0.05) is 11.1 Å². The Hall–Kier alpha value is -1.39. The lowest BCUT2D eigenvalue weighted by molar-refractivity contribution is -0.118. The van der Waals surface area contributed by atoms with E-state index in [0.717, 1.165) is 11.1 Å². The Kier molecular flexibility index (Phi) is 5.24. The first kappa shape index (κ1) is 17.0. The van der Waals surface area contributed by atoms with Crippen LogP contribution >= 0.6 is 22.6 Å². The molecule has 0 aliphatic carbocycles. The molecule has 0 aliphatic rings. The maximum absolute atomic E-state index is 11.4. The van der Waals surface area contributed by atoms with E-state index < -0.39 is 10.1 Å². The van der Waals surface area contributed by atoms with Crippen molar-refractivity contribution >= 4 is 55.1 Å². The molecule has 8 heteroatoms. The van der Waals surface area contributed by atoms with Gasteiger partial charge in [-0.3, -0.25) is 9.35 Å². The Labute approximate surface area is 142 Å². The monoisotopic (exact) mass is 434 g/mol. The Morgan fingerprint density at radius 3 is 2.68 bits per heavy atom. The van der Waals surface area contributed by atoms with Crippen molar-refractivity contribution in [3.63, 3.8) is 0 Å². The minimum Gasteiger partial charge on any atom is -0.365 e. The second kappa shape index (κ2) is 6.80. The summed E-state index contributed by atoms with van der Waals surface area (Å²) in [4.78, 5) is 11.2. The maximum Gasteiger partial charge on any atom is 0.294 e. The molecule has 0 radical (unpaired) electrons. The molecule has 2 rings (SSSR count). The highest BCUT2D eigenvalue weighted by atomic mass is 127. The van der Waals surface area contributed by atoms with Crippen LogP contribution < -0.4 is 10.6 Å². The van der Waals surface area contributed by atoms with Crippen LogP contribution in [-0.4, -0.2) is 29.5 Å². The van der Waals surface area contributed by atoms with Crippen molar-refractivity contribution < 1.29 is 17.8 Å². The van der Waals surface area contributed by atoms with Crippen molar-refractivity contribution in [2.45, 2.75) is 18.0 Å². The summed E-state index contributed by atoms with van der Waals surface area (Å²) >= 11 is 1.98. The molecule has 0 heterocycles. The Morgan fingerprint density at radius 2 is 2.05 bits per heavy atom. The molecule has 0 bridgehead atoms. The van der Waals surface area contributed by atoms with Gasteiger partial charge in [-0.1, -0.05) is 40.8 Å². The van der Waals surface area contributed by atoms with E-state index in [1.54, 1.807) is 18.2 Å². The molecule has 2 aromatic carbocycles. The smallest absolute Gasteiger partial charge is 0.294 e. The SMILES string of the molecule is CC(NC(=O)CI)Nc1cccc2cc(S(=O)(=O)O)ccc12. The van der Waals surface area contributed by atoms with E-state index in [-0.39, 0.29) is 17.0 Å². The molecule has 3 N–H and O–H groups in total. The second-order valence-corrected chi connectivity index (χ2v) is 6.92. The fourth-order valence-corrected chi connectivity index (χ4v) is 2.83. The Balaban J connectivity index is 2.34. The van der Waals surface area contributed by atoms with Crippen LogP contribution in [0.4, 0.5) is 5.69 Å². The van der Waals surface area contributed by atoms with E-state index in [2.05, 4.69) is 10.6 Å². The molecular weight excluding hydrogens is 419 g/mol. The number of anilines is 1. The first-order valence-electron chi connectivity index (χ1n) is 6.43. The van der Waals surface area contributed by atoms with Gasteiger partial charge in [0.05, 0.1) is 15.5 Å². The minimum atomic E-state index is -4.23. The zero-order valence-electron chi connectivity index (χ0n) is 11.7.